The Kier molecular flexibility index (Phi) is 5.47. The van der Waals surface area contributed by atoms with Gasteiger partial charge in [-0.25, -0.2) is 4.79 Å². The molecule has 2 atom stereocenters. The van der Waals surface area contributed by atoms with Crippen LogP contribution in [-0.2, 0) is 14.3 Å². The fraction of sp³-hybridized carbons (Fsp3) is 0.833. The second kappa shape index (κ2) is 6.43. The first-order valence-electron chi connectivity index (χ1n) is 6.11. The molecule has 0 aromatic carbocycles. The van der Waals surface area contributed by atoms with Gasteiger partial charge in [0.15, 0.2) is 0 Å². The molecule has 1 aliphatic rings. The van der Waals surface area contributed by atoms with Crippen molar-refractivity contribution in [2.75, 3.05) is 12.4 Å². The van der Waals surface area contributed by atoms with Crippen molar-refractivity contribution in [2.24, 2.45) is 5.92 Å². The van der Waals surface area contributed by atoms with Crippen LogP contribution in [0.2, 0.25) is 0 Å². The molecular formula is C12H21NO4S. The lowest BCUT2D eigenvalue weighted by atomic mass is 10.1. The van der Waals surface area contributed by atoms with E-state index in [1.807, 2.05) is 27.7 Å². The van der Waals surface area contributed by atoms with Crippen molar-refractivity contribution in [2.45, 2.75) is 45.2 Å². The van der Waals surface area contributed by atoms with E-state index in [1.54, 1.807) is 0 Å². The number of carbonyl (C=O) groups excluding carboxylic acids is 1. The van der Waals surface area contributed by atoms with Crippen LogP contribution in [0.5, 0.6) is 0 Å². The maximum absolute atomic E-state index is 12.1. The molecule has 1 heterocycles. The van der Waals surface area contributed by atoms with Crippen molar-refractivity contribution in [3.05, 3.63) is 0 Å². The van der Waals surface area contributed by atoms with Crippen LogP contribution in [0, 0.1) is 5.92 Å². The molecule has 2 unspecified atom stereocenters. The number of hydrogen-bond acceptors (Lipinski definition) is 4. The number of thioether (sulfide) groups is 1. The number of aliphatic carboxylic acids is 1. The molecule has 1 fully saturated rings. The predicted molar refractivity (Wildman–Crippen MR) is 70.4 cm³/mol. The van der Waals surface area contributed by atoms with Gasteiger partial charge in [-0.15, -0.1) is 11.8 Å². The Morgan fingerprint density at radius 3 is 2.44 bits per heavy atom. The van der Waals surface area contributed by atoms with Gasteiger partial charge in [-0.3, -0.25) is 4.79 Å². The first kappa shape index (κ1) is 15.3. The van der Waals surface area contributed by atoms with Crippen molar-refractivity contribution in [3.8, 4) is 0 Å². The zero-order valence-corrected chi connectivity index (χ0v) is 12.1. The molecule has 6 heteroatoms. The van der Waals surface area contributed by atoms with Gasteiger partial charge in [0.25, 0.3) is 0 Å². The molecule has 5 nitrogen and oxygen atoms in total. The molecule has 0 aliphatic carbocycles. The summed E-state index contributed by atoms with van der Waals surface area (Å²) >= 11 is 1.53. The van der Waals surface area contributed by atoms with Crippen molar-refractivity contribution in [3.63, 3.8) is 0 Å². The average Bonchev–Trinajstić information content (AvgIpc) is 2.70. The molecule has 0 saturated carbocycles. The molecule has 1 rings (SSSR count). The van der Waals surface area contributed by atoms with Gasteiger partial charge in [-0.2, -0.15) is 0 Å². The lowest BCUT2D eigenvalue weighted by Gasteiger charge is -2.29. The molecule has 1 saturated heterocycles. The van der Waals surface area contributed by atoms with Crippen LogP contribution in [-0.4, -0.2) is 51.8 Å². The maximum Gasteiger partial charge on any atom is 0.327 e. The summed E-state index contributed by atoms with van der Waals surface area (Å²) < 4.78 is 5.28. The molecule has 1 aliphatic heterocycles. The van der Waals surface area contributed by atoms with Crippen LogP contribution in [0.15, 0.2) is 0 Å². The van der Waals surface area contributed by atoms with Crippen molar-refractivity contribution in [1.29, 1.82) is 0 Å². The third-order valence-electron chi connectivity index (χ3n) is 2.72. The Morgan fingerprint density at radius 2 is 2.00 bits per heavy atom. The number of ether oxygens (including phenoxy) is 1. The molecule has 0 radical (unpaired) electrons. The van der Waals surface area contributed by atoms with Gasteiger partial charge in [0.2, 0.25) is 5.91 Å². The lowest BCUT2D eigenvalue weighted by Crippen LogP contribution is -2.48. The highest BCUT2D eigenvalue weighted by Crippen LogP contribution is 2.34. The quantitative estimate of drug-likeness (QED) is 0.822. The summed E-state index contributed by atoms with van der Waals surface area (Å²) in [6.07, 6.45) is -0.0371. The Labute approximate surface area is 112 Å². The zero-order chi connectivity index (χ0) is 13.9. The SMILES string of the molecule is CC(C)OCC(=O)N1C(C(=O)O)CSC1C(C)C. The van der Waals surface area contributed by atoms with E-state index in [0.717, 1.165) is 0 Å². The number of carboxylic acids is 1. The van der Waals surface area contributed by atoms with Gasteiger partial charge in [0.1, 0.15) is 12.6 Å². The molecule has 0 bridgehead atoms. The summed E-state index contributed by atoms with van der Waals surface area (Å²) in [5, 5.41) is 9.09. The molecule has 1 N–H and O–H groups in total. The van der Waals surface area contributed by atoms with Gasteiger partial charge in [-0.1, -0.05) is 13.8 Å². The number of nitrogens with zero attached hydrogens (tertiary/aromatic N) is 1. The number of amides is 1. The van der Waals surface area contributed by atoms with Crippen LogP contribution in [0.1, 0.15) is 27.7 Å². The number of carbonyl (C=O) groups is 2. The summed E-state index contributed by atoms with van der Waals surface area (Å²) in [4.78, 5) is 24.8. The first-order valence-corrected chi connectivity index (χ1v) is 7.16. The normalized spacial score (nSPS) is 24.0. The fourth-order valence-corrected chi connectivity index (χ4v) is 3.35. The Hall–Kier alpha value is -0.750. The standard InChI is InChI=1S/C12H21NO4S/c1-7(2)11-13(9(6-18-11)12(15)16)10(14)5-17-8(3)4/h7-9,11H,5-6H2,1-4H3,(H,15,16). The van der Waals surface area contributed by atoms with Gasteiger partial charge in [-0.05, 0) is 19.8 Å². The monoisotopic (exact) mass is 275 g/mol. The largest absolute Gasteiger partial charge is 0.480 e. The summed E-state index contributed by atoms with van der Waals surface area (Å²) in [5.74, 6) is -0.503. The Bertz CT molecular complexity index is 319. The summed E-state index contributed by atoms with van der Waals surface area (Å²) in [7, 11) is 0. The highest BCUT2D eigenvalue weighted by molar-refractivity contribution is 8.00. The van der Waals surface area contributed by atoms with Crippen LogP contribution in [0.25, 0.3) is 0 Å². The van der Waals surface area contributed by atoms with Crippen LogP contribution in [0.4, 0.5) is 0 Å². The minimum atomic E-state index is -0.941. The number of carboxylic acid groups (broad SMARTS) is 1. The minimum Gasteiger partial charge on any atom is -0.480 e. The van der Waals surface area contributed by atoms with Crippen molar-refractivity contribution in [1.82, 2.24) is 4.90 Å². The molecule has 0 spiro atoms. The van der Waals surface area contributed by atoms with Crippen LogP contribution in [0.3, 0.4) is 0 Å². The molecule has 104 valence electrons. The van der Waals surface area contributed by atoms with Crippen molar-refractivity contribution < 1.29 is 19.4 Å². The molecule has 1 amide bonds. The topological polar surface area (TPSA) is 66.8 Å². The van der Waals surface area contributed by atoms with Crippen LogP contribution >= 0.6 is 11.8 Å². The average molecular weight is 275 g/mol. The van der Waals surface area contributed by atoms with Crippen molar-refractivity contribution >= 4 is 23.6 Å². The molecule has 0 aromatic heterocycles. The van der Waals surface area contributed by atoms with Gasteiger partial charge in [0.05, 0.1) is 11.5 Å². The van der Waals surface area contributed by atoms with E-state index in [2.05, 4.69) is 0 Å². The van der Waals surface area contributed by atoms with Crippen LogP contribution < -0.4 is 0 Å². The maximum atomic E-state index is 12.1. The fourth-order valence-electron chi connectivity index (χ4n) is 1.86. The highest BCUT2D eigenvalue weighted by atomic mass is 32.2. The van der Waals surface area contributed by atoms with E-state index in [9.17, 15) is 9.59 Å². The second-order valence-corrected chi connectivity index (χ2v) is 6.13. The summed E-state index contributed by atoms with van der Waals surface area (Å²) in [6.45, 7) is 7.63. The summed E-state index contributed by atoms with van der Waals surface area (Å²) in [6, 6.07) is -0.731. The van der Waals surface area contributed by atoms with Gasteiger partial charge < -0.3 is 14.7 Å². The number of rotatable bonds is 5. The van der Waals surface area contributed by atoms with E-state index >= 15 is 0 Å². The van der Waals surface area contributed by atoms with E-state index in [1.165, 1.54) is 16.7 Å². The smallest absolute Gasteiger partial charge is 0.327 e. The number of hydrogen-bond donors (Lipinski definition) is 1. The molecule has 0 aromatic rings. The second-order valence-electron chi connectivity index (χ2n) is 4.98. The Morgan fingerprint density at radius 1 is 1.39 bits per heavy atom. The Balaban J connectivity index is 2.76. The van der Waals surface area contributed by atoms with Gasteiger partial charge in [0, 0.05) is 5.75 Å². The van der Waals surface area contributed by atoms with Gasteiger partial charge >= 0.3 is 5.97 Å². The van der Waals surface area contributed by atoms with E-state index in [-0.39, 0.29) is 29.9 Å². The first-order chi connectivity index (χ1) is 8.34. The third-order valence-corrected chi connectivity index (χ3v) is 4.34. The lowest BCUT2D eigenvalue weighted by molar-refractivity contribution is -0.152. The molecule has 18 heavy (non-hydrogen) atoms. The van der Waals surface area contributed by atoms with E-state index in [4.69, 9.17) is 9.84 Å². The highest BCUT2D eigenvalue weighted by Gasteiger charge is 2.42. The third kappa shape index (κ3) is 3.62. The minimum absolute atomic E-state index is 0.0371. The van der Waals surface area contributed by atoms with E-state index in [0.29, 0.717) is 5.75 Å². The predicted octanol–water partition coefficient (Wildman–Crippen LogP) is 1.42. The van der Waals surface area contributed by atoms with E-state index < -0.39 is 12.0 Å². The molecular weight excluding hydrogens is 254 g/mol. The zero-order valence-electron chi connectivity index (χ0n) is 11.3. The summed E-state index contributed by atoms with van der Waals surface area (Å²) in [5.41, 5.74) is 0.